The van der Waals surface area contributed by atoms with Crippen LogP contribution in [0.1, 0.15) is 25.8 Å². The number of hydrogen-bond acceptors (Lipinski definition) is 5. The standard InChI is InChI=1S/C22H30O5SSi/c1-7-26-20(23)22(21(24)27-8-2,14-9-17-29(4,5)6)15-16-28(25)19-12-10-18(3)11-13-19/h10-13,15-16H,7-8,14H2,1-6H3/b16-15+. The molecule has 0 bridgehead atoms. The van der Waals surface area contributed by atoms with Gasteiger partial charge in [0, 0.05) is 16.7 Å². The second kappa shape index (κ2) is 11.1. The van der Waals surface area contributed by atoms with Crippen LogP contribution in [0.4, 0.5) is 0 Å². The van der Waals surface area contributed by atoms with Crippen molar-refractivity contribution in [3.63, 3.8) is 0 Å². The molecule has 0 aromatic heterocycles. The Balaban J connectivity index is 3.38. The molecule has 0 aliphatic heterocycles. The number of hydrogen-bond donors (Lipinski definition) is 0. The first kappa shape index (κ1) is 24.9. The van der Waals surface area contributed by atoms with Gasteiger partial charge in [-0.15, -0.1) is 11.5 Å². The Morgan fingerprint density at radius 1 is 1.07 bits per heavy atom. The average Bonchev–Trinajstić information content (AvgIpc) is 2.64. The molecular weight excluding hydrogens is 404 g/mol. The lowest BCUT2D eigenvalue weighted by Crippen LogP contribution is -2.40. The van der Waals surface area contributed by atoms with Crippen LogP contribution in [0.3, 0.4) is 0 Å². The number of rotatable bonds is 8. The van der Waals surface area contributed by atoms with Crippen LogP contribution in [-0.4, -0.2) is 37.4 Å². The summed E-state index contributed by atoms with van der Waals surface area (Å²) in [5.74, 6) is 1.48. The molecule has 0 aliphatic carbocycles. The number of esters is 2. The molecule has 1 rings (SSSR count). The molecule has 1 aromatic carbocycles. The highest BCUT2D eigenvalue weighted by Crippen LogP contribution is 2.29. The fourth-order valence-corrected chi connectivity index (χ4v) is 3.86. The predicted molar refractivity (Wildman–Crippen MR) is 118 cm³/mol. The molecule has 0 heterocycles. The molecule has 1 unspecified atom stereocenters. The van der Waals surface area contributed by atoms with E-state index >= 15 is 0 Å². The number of ether oxygens (including phenoxy) is 2. The molecule has 0 N–H and O–H groups in total. The van der Waals surface area contributed by atoms with Crippen LogP contribution in [-0.2, 0) is 29.9 Å². The summed E-state index contributed by atoms with van der Waals surface area (Å²) in [7, 11) is -3.25. The third kappa shape index (κ3) is 7.63. The van der Waals surface area contributed by atoms with E-state index < -0.39 is 36.2 Å². The second-order valence-electron chi connectivity index (χ2n) is 7.55. The van der Waals surface area contributed by atoms with Gasteiger partial charge >= 0.3 is 11.9 Å². The Kier molecular flexibility index (Phi) is 9.54. The van der Waals surface area contributed by atoms with Crippen LogP contribution in [0.15, 0.2) is 40.6 Å². The van der Waals surface area contributed by atoms with Crippen molar-refractivity contribution in [2.75, 3.05) is 13.2 Å². The van der Waals surface area contributed by atoms with E-state index in [0.717, 1.165) is 5.56 Å². The summed E-state index contributed by atoms with van der Waals surface area (Å²) < 4.78 is 23.0. The molecular formula is C22H30O5SSi. The quantitative estimate of drug-likeness (QED) is 0.268. The number of carbonyl (C=O) groups is 2. The average molecular weight is 435 g/mol. The van der Waals surface area contributed by atoms with Crippen molar-refractivity contribution in [1.29, 1.82) is 0 Å². The van der Waals surface area contributed by atoms with Crippen molar-refractivity contribution in [3.05, 3.63) is 41.3 Å². The summed E-state index contributed by atoms with van der Waals surface area (Å²) >= 11 is 0. The van der Waals surface area contributed by atoms with E-state index in [1.54, 1.807) is 26.0 Å². The molecule has 158 valence electrons. The van der Waals surface area contributed by atoms with Gasteiger partial charge in [-0.3, -0.25) is 9.59 Å². The van der Waals surface area contributed by atoms with E-state index in [4.69, 9.17) is 9.47 Å². The number of benzene rings is 1. The number of aryl methyl sites for hydroxylation is 1. The Morgan fingerprint density at radius 3 is 2.03 bits per heavy atom. The maximum atomic E-state index is 12.8. The van der Waals surface area contributed by atoms with Crippen molar-refractivity contribution in [2.24, 2.45) is 5.41 Å². The fourth-order valence-electron chi connectivity index (χ4n) is 2.32. The van der Waals surface area contributed by atoms with E-state index in [1.807, 2.05) is 19.1 Å². The molecule has 0 saturated heterocycles. The van der Waals surface area contributed by atoms with Gasteiger partial charge in [-0.1, -0.05) is 37.3 Å². The van der Waals surface area contributed by atoms with Crippen molar-refractivity contribution in [3.8, 4) is 11.5 Å². The molecule has 1 aromatic rings. The van der Waals surface area contributed by atoms with E-state index in [1.165, 1.54) is 11.5 Å². The molecule has 0 aliphatic rings. The Morgan fingerprint density at radius 2 is 1.59 bits per heavy atom. The van der Waals surface area contributed by atoms with E-state index in [9.17, 15) is 13.8 Å². The minimum Gasteiger partial charge on any atom is -0.465 e. The lowest BCUT2D eigenvalue weighted by molar-refractivity contribution is -0.167. The largest absolute Gasteiger partial charge is 0.465 e. The highest BCUT2D eigenvalue weighted by Gasteiger charge is 2.46. The van der Waals surface area contributed by atoms with Crippen LogP contribution in [0.2, 0.25) is 19.6 Å². The van der Waals surface area contributed by atoms with Crippen molar-refractivity contribution < 1.29 is 23.3 Å². The zero-order chi connectivity index (χ0) is 22.1. The van der Waals surface area contributed by atoms with Gasteiger partial charge in [0.2, 0.25) is 0 Å². The van der Waals surface area contributed by atoms with E-state index in [2.05, 4.69) is 31.1 Å². The molecule has 7 heteroatoms. The normalized spacial score (nSPS) is 12.8. The SMILES string of the molecule is CCOC(=O)C(/C=C/S(=O)c1ccc(C)cc1)(CC#C[Si](C)(C)C)C(=O)OCC. The fraction of sp³-hybridized carbons (Fsp3) is 0.455. The zero-order valence-electron chi connectivity index (χ0n) is 18.0. The third-order valence-electron chi connectivity index (χ3n) is 3.84. The van der Waals surface area contributed by atoms with Gasteiger partial charge in [0.1, 0.15) is 8.07 Å². The van der Waals surface area contributed by atoms with Crippen LogP contribution >= 0.6 is 0 Å². The van der Waals surface area contributed by atoms with Gasteiger partial charge in [0.25, 0.3) is 0 Å². The van der Waals surface area contributed by atoms with Crippen LogP contribution in [0.25, 0.3) is 0 Å². The first-order valence-corrected chi connectivity index (χ1v) is 14.3. The van der Waals surface area contributed by atoms with Gasteiger partial charge in [-0.05, 0) is 39.0 Å². The summed E-state index contributed by atoms with van der Waals surface area (Å²) in [4.78, 5) is 26.2. The predicted octanol–water partition coefficient (Wildman–Crippen LogP) is 4.00. The maximum absolute atomic E-state index is 12.8. The van der Waals surface area contributed by atoms with Crippen molar-refractivity contribution in [2.45, 2.75) is 51.7 Å². The molecule has 1 atom stereocenters. The minimum absolute atomic E-state index is 0.0868. The van der Waals surface area contributed by atoms with Crippen molar-refractivity contribution >= 4 is 30.8 Å². The third-order valence-corrected chi connectivity index (χ3v) is 5.89. The van der Waals surface area contributed by atoms with Gasteiger partial charge < -0.3 is 9.47 Å². The van der Waals surface area contributed by atoms with Crippen LogP contribution in [0.5, 0.6) is 0 Å². The smallest absolute Gasteiger partial charge is 0.328 e. The molecule has 0 amide bonds. The molecule has 0 radical (unpaired) electrons. The molecule has 0 saturated carbocycles. The summed E-state index contributed by atoms with van der Waals surface area (Å²) in [6.45, 7) is 11.7. The maximum Gasteiger partial charge on any atom is 0.328 e. The van der Waals surface area contributed by atoms with Gasteiger partial charge in [0.15, 0.2) is 5.41 Å². The lowest BCUT2D eigenvalue weighted by atomic mass is 9.85. The molecule has 0 spiro atoms. The molecule has 5 nitrogen and oxygen atoms in total. The van der Waals surface area contributed by atoms with Gasteiger partial charge in [-0.25, -0.2) is 4.21 Å². The summed E-state index contributed by atoms with van der Waals surface area (Å²) in [6.07, 6.45) is 1.24. The zero-order valence-corrected chi connectivity index (χ0v) is 19.9. The Hall–Kier alpha value is -2.17. The Bertz CT molecular complexity index is 807. The lowest BCUT2D eigenvalue weighted by Gasteiger charge is -2.24. The first-order valence-electron chi connectivity index (χ1n) is 9.57. The van der Waals surface area contributed by atoms with Gasteiger partial charge in [-0.2, -0.15) is 0 Å². The monoisotopic (exact) mass is 434 g/mol. The number of carbonyl (C=O) groups excluding carboxylic acids is 2. The molecule has 0 fully saturated rings. The summed E-state index contributed by atoms with van der Waals surface area (Å²) in [6, 6.07) is 7.20. The van der Waals surface area contributed by atoms with E-state index in [-0.39, 0.29) is 19.6 Å². The van der Waals surface area contributed by atoms with Crippen LogP contribution in [0, 0.1) is 23.8 Å². The second-order valence-corrected chi connectivity index (χ2v) is 13.6. The minimum atomic E-state index is -1.75. The Labute approximate surface area is 177 Å². The highest BCUT2D eigenvalue weighted by molar-refractivity contribution is 7.88. The molecule has 29 heavy (non-hydrogen) atoms. The summed E-state index contributed by atoms with van der Waals surface area (Å²) in [5, 5.41) is 1.34. The topological polar surface area (TPSA) is 69.7 Å². The van der Waals surface area contributed by atoms with E-state index in [0.29, 0.717) is 4.90 Å². The van der Waals surface area contributed by atoms with Crippen molar-refractivity contribution in [1.82, 2.24) is 0 Å². The highest BCUT2D eigenvalue weighted by atomic mass is 32.2. The summed E-state index contributed by atoms with van der Waals surface area (Å²) in [5.41, 5.74) is 2.45. The first-order chi connectivity index (χ1) is 13.6. The van der Waals surface area contributed by atoms with Gasteiger partial charge in [0.05, 0.1) is 24.0 Å². The van der Waals surface area contributed by atoms with Crippen LogP contribution < -0.4 is 0 Å².